The molecule has 9 nitrogen and oxygen atoms in total. The number of aromatic nitrogens is 1. The molecule has 41 heavy (non-hydrogen) atoms. The monoisotopic (exact) mass is 585 g/mol. The Morgan fingerprint density at radius 1 is 1.24 bits per heavy atom. The van der Waals surface area contributed by atoms with Gasteiger partial charge >= 0.3 is 0 Å². The van der Waals surface area contributed by atoms with E-state index >= 15 is 4.39 Å². The van der Waals surface area contributed by atoms with E-state index in [0.717, 1.165) is 19.5 Å². The first-order valence-corrected chi connectivity index (χ1v) is 14.1. The normalized spacial score (nSPS) is 24.1. The van der Waals surface area contributed by atoms with Gasteiger partial charge in [-0.2, -0.15) is 0 Å². The number of carbonyl (C=O) groups is 2. The average Bonchev–Trinajstić information content (AvgIpc) is 3.08. The van der Waals surface area contributed by atoms with Crippen molar-refractivity contribution in [1.82, 2.24) is 19.7 Å². The van der Waals surface area contributed by atoms with Gasteiger partial charge in [-0.15, -0.1) is 0 Å². The summed E-state index contributed by atoms with van der Waals surface area (Å²) in [5.74, 6) is -1.17. The van der Waals surface area contributed by atoms with Crippen LogP contribution in [0.2, 0.25) is 5.02 Å². The summed E-state index contributed by atoms with van der Waals surface area (Å²) in [6.45, 7) is 16.1. The number of ether oxygens (including phenoxy) is 1. The molecule has 3 saturated heterocycles. The third kappa shape index (κ3) is 4.91. The molecular formula is C30H37ClFN5O4. The number of carbonyl (C=O) groups excluding carboxylic acids is 2. The number of hydrogen-bond donors (Lipinski definition) is 1. The molecule has 1 aromatic heterocycles. The zero-order valence-electron chi connectivity index (χ0n) is 24.0. The van der Waals surface area contributed by atoms with Crippen LogP contribution in [0.1, 0.15) is 43.2 Å². The molecule has 1 aromatic rings. The summed E-state index contributed by atoms with van der Waals surface area (Å²) in [6, 6.07) is -0.426. The SMILES string of the molecule is C=C/C=C(O)\C(=C(/C)F)c1nc(N2CC3(CN(C)C3)CC2(C)C)c2c(c1Cl)OC[C@H]1CN(C(=O)C=C)CCN1C2=O. The first-order chi connectivity index (χ1) is 19.3. The maximum Gasteiger partial charge on any atom is 0.261 e. The molecule has 1 spiro atoms. The number of halogens is 2. The molecule has 0 aliphatic carbocycles. The molecular weight excluding hydrogens is 549 g/mol. The summed E-state index contributed by atoms with van der Waals surface area (Å²) in [7, 11) is 2.08. The van der Waals surface area contributed by atoms with Crippen LogP contribution in [0.3, 0.4) is 0 Å². The van der Waals surface area contributed by atoms with E-state index in [1.165, 1.54) is 25.2 Å². The van der Waals surface area contributed by atoms with E-state index in [2.05, 4.69) is 43.9 Å². The average molecular weight is 586 g/mol. The van der Waals surface area contributed by atoms with Crippen molar-refractivity contribution in [3.05, 3.63) is 59.3 Å². The minimum Gasteiger partial charge on any atom is -0.507 e. The van der Waals surface area contributed by atoms with Gasteiger partial charge in [-0.3, -0.25) is 9.59 Å². The van der Waals surface area contributed by atoms with Gasteiger partial charge in [-0.25, -0.2) is 9.37 Å². The van der Waals surface area contributed by atoms with E-state index in [1.807, 2.05) is 0 Å². The van der Waals surface area contributed by atoms with Gasteiger partial charge in [0.15, 0.2) is 5.75 Å². The van der Waals surface area contributed by atoms with Gasteiger partial charge in [0.05, 0.1) is 11.6 Å². The second kappa shape index (κ2) is 10.5. The minimum atomic E-state index is -0.699. The number of likely N-dealkylation sites (tertiary alicyclic amines) is 1. The Hall–Kier alpha value is -3.37. The molecule has 3 fully saturated rings. The van der Waals surface area contributed by atoms with E-state index < -0.39 is 17.6 Å². The van der Waals surface area contributed by atoms with Gasteiger partial charge < -0.3 is 29.4 Å². The van der Waals surface area contributed by atoms with Crippen molar-refractivity contribution in [3.8, 4) is 5.75 Å². The third-order valence-corrected chi connectivity index (χ3v) is 8.90. The van der Waals surface area contributed by atoms with Crippen LogP contribution in [-0.2, 0) is 4.79 Å². The Labute approximate surface area is 245 Å². The summed E-state index contributed by atoms with van der Waals surface area (Å²) < 4.78 is 21.3. The van der Waals surface area contributed by atoms with Gasteiger partial charge in [-0.05, 0) is 46.4 Å². The zero-order valence-corrected chi connectivity index (χ0v) is 24.8. The fraction of sp³-hybridized carbons (Fsp3) is 0.500. The van der Waals surface area contributed by atoms with E-state index in [9.17, 15) is 14.7 Å². The Kier molecular flexibility index (Phi) is 7.44. The highest BCUT2D eigenvalue weighted by Gasteiger charge is 2.55. The number of anilines is 1. The molecule has 0 bridgehead atoms. The first-order valence-electron chi connectivity index (χ1n) is 13.8. The molecule has 0 aromatic carbocycles. The van der Waals surface area contributed by atoms with Crippen molar-refractivity contribution in [1.29, 1.82) is 0 Å². The third-order valence-electron chi connectivity index (χ3n) is 8.55. The molecule has 0 saturated carbocycles. The van der Waals surface area contributed by atoms with Crippen LogP contribution in [-0.4, -0.2) is 101 Å². The molecule has 5 heterocycles. The van der Waals surface area contributed by atoms with Crippen molar-refractivity contribution in [3.63, 3.8) is 0 Å². The molecule has 11 heteroatoms. The van der Waals surface area contributed by atoms with Gasteiger partial charge in [-0.1, -0.05) is 30.8 Å². The Balaban J connectivity index is 1.69. The molecule has 4 aliphatic heterocycles. The number of fused-ring (bicyclic) bond motifs is 2. The van der Waals surface area contributed by atoms with Crippen molar-refractivity contribution < 1.29 is 23.8 Å². The number of aliphatic hydroxyl groups is 1. The highest BCUT2D eigenvalue weighted by Crippen LogP contribution is 2.51. The minimum absolute atomic E-state index is 0.0189. The van der Waals surface area contributed by atoms with Crippen LogP contribution in [0, 0.1) is 5.41 Å². The number of allylic oxidation sites excluding steroid dienone is 4. The van der Waals surface area contributed by atoms with Crippen molar-refractivity contribution in [2.75, 3.05) is 57.8 Å². The molecule has 4 aliphatic rings. The van der Waals surface area contributed by atoms with Crippen molar-refractivity contribution in [2.24, 2.45) is 5.41 Å². The van der Waals surface area contributed by atoms with Gasteiger partial charge in [0.25, 0.3) is 5.91 Å². The highest BCUT2D eigenvalue weighted by atomic mass is 35.5. The molecule has 0 unspecified atom stereocenters. The zero-order chi connectivity index (χ0) is 29.9. The van der Waals surface area contributed by atoms with E-state index in [4.69, 9.17) is 21.3 Å². The van der Waals surface area contributed by atoms with Crippen LogP contribution in [0.15, 0.2) is 43.0 Å². The fourth-order valence-corrected chi connectivity index (χ4v) is 7.37. The molecule has 2 amide bonds. The van der Waals surface area contributed by atoms with Crippen LogP contribution in [0.4, 0.5) is 10.2 Å². The molecule has 220 valence electrons. The number of nitrogens with zero attached hydrogens (tertiary/aromatic N) is 5. The molecule has 0 radical (unpaired) electrons. The number of rotatable bonds is 5. The Morgan fingerprint density at radius 3 is 2.56 bits per heavy atom. The number of piperazine rings is 1. The number of hydrogen-bond acceptors (Lipinski definition) is 7. The molecule has 1 N–H and O–H groups in total. The number of aliphatic hydroxyl groups excluding tert-OH is 1. The predicted octanol–water partition coefficient (Wildman–Crippen LogP) is 4.22. The number of amides is 2. The topological polar surface area (TPSA) is 89.5 Å². The lowest BCUT2D eigenvalue weighted by atomic mass is 9.76. The van der Waals surface area contributed by atoms with Crippen LogP contribution < -0.4 is 9.64 Å². The first kappa shape index (κ1) is 29.1. The summed E-state index contributed by atoms with van der Waals surface area (Å²) in [4.78, 5) is 39.3. The number of pyridine rings is 1. The van der Waals surface area contributed by atoms with Crippen molar-refractivity contribution >= 4 is 34.8 Å². The molecule has 1 atom stereocenters. The van der Waals surface area contributed by atoms with Crippen LogP contribution >= 0.6 is 11.6 Å². The van der Waals surface area contributed by atoms with Gasteiger partial charge in [0.1, 0.15) is 40.3 Å². The summed E-state index contributed by atoms with van der Waals surface area (Å²) >= 11 is 6.88. The lowest BCUT2D eigenvalue weighted by Gasteiger charge is -2.46. The van der Waals surface area contributed by atoms with E-state index in [1.54, 1.807) is 9.80 Å². The van der Waals surface area contributed by atoms with Crippen molar-refractivity contribution in [2.45, 2.75) is 38.8 Å². The van der Waals surface area contributed by atoms with Gasteiger partial charge in [0.2, 0.25) is 5.91 Å². The predicted molar refractivity (Wildman–Crippen MR) is 157 cm³/mol. The lowest BCUT2D eigenvalue weighted by Crippen LogP contribution is -2.57. The Morgan fingerprint density at radius 2 is 1.95 bits per heavy atom. The molecule has 5 rings (SSSR count). The van der Waals surface area contributed by atoms with E-state index in [-0.39, 0.29) is 63.5 Å². The maximum absolute atomic E-state index is 15.0. The fourth-order valence-electron chi connectivity index (χ4n) is 7.08. The summed E-state index contributed by atoms with van der Waals surface area (Å²) in [5, 5.41) is 10.7. The highest BCUT2D eigenvalue weighted by molar-refractivity contribution is 6.34. The van der Waals surface area contributed by atoms with E-state index in [0.29, 0.717) is 25.5 Å². The largest absolute Gasteiger partial charge is 0.507 e. The smallest absolute Gasteiger partial charge is 0.261 e. The van der Waals surface area contributed by atoms with Gasteiger partial charge in [0, 0.05) is 50.2 Å². The summed E-state index contributed by atoms with van der Waals surface area (Å²) in [6.07, 6.45) is 4.74. The maximum atomic E-state index is 15.0. The standard InChI is InChI=1S/C30H37ClFN5O4/c1-7-9-20(38)22(18(3)32)25-24(31)26-23(27(33-25)37-17-30(14-29(37,4)5)15-34(6)16-30)28(40)36-11-10-35(21(39)8-2)12-19(36)13-41-26/h7-9,19,38H,1-2,10-17H2,3-6H3/b20-9+,22-18-/t19-/m1/s1. The lowest BCUT2D eigenvalue weighted by molar-refractivity contribution is -0.128. The second-order valence-electron chi connectivity index (χ2n) is 12.2. The Bertz CT molecular complexity index is 1380. The quantitative estimate of drug-likeness (QED) is 0.314. The van der Waals surface area contributed by atoms with Crippen LogP contribution in [0.25, 0.3) is 5.57 Å². The summed E-state index contributed by atoms with van der Waals surface area (Å²) in [5.41, 5.74) is -0.364. The second-order valence-corrected chi connectivity index (χ2v) is 12.6. The van der Waals surface area contributed by atoms with Crippen LogP contribution in [0.5, 0.6) is 5.75 Å².